The maximum atomic E-state index is 13.9. The van der Waals surface area contributed by atoms with E-state index < -0.39 is 5.92 Å². The molecule has 1 aromatic heterocycles. The van der Waals surface area contributed by atoms with Crippen LogP contribution in [-0.4, -0.2) is 54.8 Å². The van der Waals surface area contributed by atoms with Gasteiger partial charge in [0.15, 0.2) is 0 Å². The van der Waals surface area contributed by atoms with E-state index in [2.05, 4.69) is 4.90 Å². The van der Waals surface area contributed by atoms with Crippen molar-refractivity contribution < 1.29 is 14.0 Å². The van der Waals surface area contributed by atoms with E-state index in [1.54, 1.807) is 35.4 Å². The summed E-state index contributed by atoms with van der Waals surface area (Å²) in [5, 5.41) is 1.98. The van der Waals surface area contributed by atoms with Crippen LogP contribution in [0, 0.1) is 5.82 Å². The molecule has 32 heavy (non-hydrogen) atoms. The molecular formula is C25H24FN3O2S. The van der Waals surface area contributed by atoms with Gasteiger partial charge < -0.3 is 14.7 Å². The Morgan fingerprint density at radius 2 is 1.69 bits per heavy atom. The Bertz CT molecular complexity index is 1120. The number of rotatable bonds is 3. The lowest BCUT2D eigenvalue weighted by molar-refractivity contribution is -0.134. The molecule has 7 heteroatoms. The number of nitrogens with zero attached hydrogens (tertiary/aromatic N) is 3. The van der Waals surface area contributed by atoms with E-state index in [4.69, 9.17) is 0 Å². The zero-order valence-corrected chi connectivity index (χ0v) is 18.6. The van der Waals surface area contributed by atoms with Crippen molar-refractivity contribution in [3.05, 3.63) is 87.9 Å². The second-order valence-electron chi connectivity index (χ2n) is 8.23. The number of hydrogen-bond donors (Lipinski definition) is 0. The summed E-state index contributed by atoms with van der Waals surface area (Å²) in [6.07, 6.45) is 0. The lowest BCUT2D eigenvalue weighted by atomic mass is 9.81. The molecule has 3 heterocycles. The number of carbonyl (C=O) groups excluding carboxylic acids is 2. The van der Waals surface area contributed by atoms with E-state index in [0.29, 0.717) is 31.7 Å². The number of amides is 2. The fraction of sp³-hybridized carbons (Fsp3) is 0.280. The first-order valence-corrected chi connectivity index (χ1v) is 11.6. The van der Waals surface area contributed by atoms with Crippen LogP contribution in [0.5, 0.6) is 0 Å². The predicted octanol–water partition coefficient (Wildman–Crippen LogP) is 4.15. The highest BCUT2D eigenvalue weighted by Crippen LogP contribution is 2.44. The summed E-state index contributed by atoms with van der Waals surface area (Å²) in [7, 11) is 1.79. The number of carbonyl (C=O) groups is 2. The molecule has 0 N–H and O–H groups in total. The van der Waals surface area contributed by atoms with Gasteiger partial charge in [0.2, 0.25) is 5.91 Å². The van der Waals surface area contributed by atoms with Crippen molar-refractivity contribution in [3.63, 3.8) is 0 Å². The van der Waals surface area contributed by atoms with Gasteiger partial charge in [-0.15, -0.1) is 11.3 Å². The monoisotopic (exact) mass is 449 g/mol. The van der Waals surface area contributed by atoms with Crippen LogP contribution in [0.15, 0.2) is 66.0 Å². The van der Waals surface area contributed by atoms with Gasteiger partial charge in [-0.2, -0.15) is 0 Å². The fourth-order valence-corrected chi connectivity index (χ4v) is 5.69. The van der Waals surface area contributed by atoms with Crippen LogP contribution in [0.2, 0.25) is 0 Å². The Kier molecular flexibility index (Phi) is 5.43. The number of halogens is 1. The lowest BCUT2D eigenvalue weighted by Gasteiger charge is -2.43. The Hall–Kier alpha value is -3.19. The minimum Gasteiger partial charge on any atom is -0.368 e. The first-order valence-electron chi connectivity index (χ1n) is 10.7. The van der Waals surface area contributed by atoms with E-state index in [1.807, 2.05) is 46.7 Å². The standard InChI is InChI=1S/C25H24FN3O2S/c1-27-23(21-7-4-16-32-21)22(19-5-2-3-6-20(19)24(27)30)25(31)29-14-12-28(13-15-29)18-10-8-17(26)9-11-18/h2-11,16,22-23H,12-15H2,1H3. The average molecular weight is 450 g/mol. The van der Waals surface area contributed by atoms with Gasteiger partial charge in [0.25, 0.3) is 5.91 Å². The summed E-state index contributed by atoms with van der Waals surface area (Å²) >= 11 is 1.57. The molecule has 0 spiro atoms. The number of piperazine rings is 1. The van der Waals surface area contributed by atoms with E-state index in [-0.39, 0.29) is 23.7 Å². The van der Waals surface area contributed by atoms with Gasteiger partial charge in [-0.05, 0) is 47.3 Å². The molecule has 0 aliphatic carbocycles. The highest BCUT2D eigenvalue weighted by atomic mass is 32.1. The second kappa shape index (κ2) is 8.39. The van der Waals surface area contributed by atoms with E-state index in [9.17, 15) is 14.0 Å². The van der Waals surface area contributed by atoms with E-state index in [1.165, 1.54) is 12.1 Å². The van der Waals surface area contributed by atoms with Crippen molar-refractivity contribution >= 4 is 28.8 Å². The number of anilines is 1. The normalized spacial score (nSPS) is 20.9. The molecule has 5 nitrogen and oxygen atoms in total. The van der Waals surface area contributed by atoms with Gasteiger partial charge in [-0.3, -0.25) is 9.59 Å². The van der Waals surface area contributed by atoms with Crippen molar-refractivity contribution in [3.8, 4) is 0 Å². The molecule has 0 bridgehead atoms. The number of likely N-dealkylation sites (N-methyl/N-ethyl adjacent to an activating group) is 1. The molecule has 2 atom stereocenters. The quantitative estimate of drug-likeness (QED) is 0.604. The van der Waals surface area contributed by atoms with Crippen LogP contribution in [0.3, 0.4) is 0 Å². The first-order chi connectivity index (χ1) is 15.5. The van der Waals surface area contributed by atoms with E-state index >= 15 is 0 Å². The maximum absolute atomic E-state index is 13.9. The molecule has 1 saturated heterocycles. The molecule has 2 aliphatic rings. The van der Waals surface area contributed by atoms with Crippen LogP contribution in [0.4, 0.5) is 10.1 Å². The smallest absolute Gasteiger partial charge is 0.254 e. The molecule has 164 valence electrons. The van der Waals surface area contributed by atoms with Gasteiger partial charge in [0.05, 0.1) is 12.0 Å². The van der Waals surface area contributed by atoms with Gasteiger partial charge >= 0.3 is 0 Å². The molecule has 0 radical (unpaired) electrons. The summed E-state index contributed by atoms with van der Waals surface area (Å²) < 4.78 is 13.3. The Labute approximate surface area is 190 Å². The zero-order valence-electron chi connectivity index (χ0n) is 17.8. The molecule has 2 unspecified atom stereocenters. The fourth-order valence-electron chi connectivity index (χ4n) is 4.79. The molecule has 2 aliphatic heterocycles. The molecular weight excluding hydrogens is 425 g/mol. The number of hydrogen-bond acceptors (Lipinski definition) is 4. The minimum atomic E-state index is -0.440. The van der Waals surface area contributed by atoms with Crippen LogP contribution in [0.1, 0.15) is 32.8 Å². The average Bonchev–Trinajstić information content (AvgIpc) is 3.36. The minimum absolute atomic E-state index is 0.0500. The Morgan fingerprint density at radius 3 is 2.38 bits per heavy atom. The largest absolute Gasteiger partial charge is 0.368 e. The Balaban J connectivity index is 1.43. The third-order valence-electron chi connectivity index (χ3n) is 6.46. The summed E-state index contributed by atoms with van der Waals surface area (Å²) in [5.41, 5.74) is 2.37. The molecule has 0 saturated carbocycles. The zero-order chi connectivity index (χ0) is 22.2. The highest BCUT2D eigenvalue weighted by molar-refractivity contribution is 7.10. The third-order valence-corrected chi connectivity index (χ3v) is 7.41. The summed E-state index contributed by atoms with van der Waals surface area (Å²) in [6.45, 7) is 2.54. The summed E-state index contributed by atoms with van der Waals surface area (Å²) in [6, 6.07) is 17.6. The molecule has 3 aromatic rings. The lowest BCUT2D eigenvalue weighted by Crippen LogP contribution is -2.53. The van der Waals surface area contributed by atoms with Crippen molar-refractivity contribution in [2.24, 2.45) is 0 Å². The summed E-state index contributed by atoms with van der Waals surface area (Å²) in [4.78, 5) is 33.8. The van der Waals surface area contributed by atoms with Crippen LogP contribution >= 0.6 is 11.3 Å². The molecule has 2 amide bonds. The van der Waals surface area contributed by atoms with Crippen LogP contribution in [-0.2, 0) is 4.79 Å². The van der Waals surface area contributed by atoms with Gasteiger partial charge in [0.1, 0.15) is 5.82 Å². The van der Waals surface area contributed by atoms with Gasteiger partial charge in [0, 0.05) is 49.4 Å². The summed E-state index contributed by atoms with van der Waals surface area (Å²) in [5.74, 6) is -0.695. The van der Waals surface area contributed by atoms with Crippen molar-refractivity contribution in [2.45, 2.75) is 12.0 Å². The first kappa shape index (κ1) is 20.7. The predicted molar refractivity (Wildman–Crippen MR) is 124 cm³/mol. The molecule has 1 fully saturated rings. The van der Waals surface area contributed by atoms with Crippen LogP contribution < -0.4 is 4.90 Å². The van der Waals surface area contributed by atoms with Gasteiger partial charge in [-0.1, -0.05) is 24.3 Å². The van der Waals surface area contributed by atoms with E-state index in [0.717, 1.165) is 16.1 Å². The highest BCUT2D eigenvalue weighted by Gasteiger charge is 2.44. The van der Waals surface area contributed by atoms with Crippen molar-refractivity contribution in [1.29, 1.82) is 0 Å². The molecule has 2 aromatic carbocycles. The molecule has 5 rings (SSSR count). The van der Waals surface area contributed by atoms with Gasteiger partial charge in [-0.25, -0.2) is 4.39 Å². The number of fused-ring (bicyclic) bond motifs is 1. The van der Waals surface area contributed by atoms with Crippen molar-refractivity contribution in [2.75, 3.05) is 38.1 Å². The Morgan fingerprint density at radius 1 is 0.969 bits per heavy atom. The topological polar surface area (TPSA) is 43.9 Å². The SMILES string of the molecule is CN1C(=O)c2ccccc2C(C(=O)N2CCN(c3ccc(F)cc3)CC2)C1c1cccs1. The van der Waals surface area contributed by atoms with Crippen molar-refractivity contribution in [1.82, 2.24) is 9.80 Å². The number of benzene rings is 2. The van der Waals surface area contributed by atoms with Crippen LogP contribution in [0.25, 0.3) is 0 Å². The number of thiophene rings is 1. The third kappa shape index (κ3) is 3.56. The maximum Gasteiger partial charge on any atom is 0.254 e. The second-order valence-corrected chi connectivity index (χ2v) is 9.21.